The van der Waals surface area contributed by atoms with Crippen molar-refractivity contribution in [2.24, 2.45) is 0 Å². The molecule has 3 aromatic carbocycles. The van der Waals surface area contributed by atoms with Gasteiger partial charge >= 0.3 is 5.97 Å². The van der Waals surface area contributed by atoms with Crippen LogP contribution in [0.25, 0.3) is 11.0 Å². The molecule has 1 aliphatic heterocycles. The third-order valence-electron chi connectivity index (χ3n) is 5.46. The second kappa shape index (κ2) is 7.25. The van der Waals surface area contributed by atoms with Crippen LogP contribution in [0.4, 0.5) is 5.69 Å². The summed E-state index contributed by atoms with van der Waals surface area (Å²) >= 11 is 0. The van der Waals surface area contributed by atoms with Crippen LogP contribution in [-0.4, -0.2) is 19.0 Å². The molecule has 31 heavy (non-hydrogen) atoms. The van der Waals surface area contributed by atoms with Crippen LogP contribution in [0, 0.1) is 0 Å². The van der Waals surface area contributed by atoms with E-state index in [2.05, 4.69) is 0 Å². The number of esters is 1. The van der Waals surface area contributed by atoms with Gasteiger partial charge in [-0.3, -0.25) is 14.5 Å². The van der Waals surface area contributed by atoms with E-state index in [1.165, 1.54) is 7.11 Å². The van der Waals surface area contributed by atoms with Crippen molar-refractivity contribution in [2.75, 3.05) is 12.0 Å². The summed E-state index contributed by atoms with van der Waals surface area (Å²) in [7, 11) is 1.32. The molecule has 0 N–H and O–H groups in total. The Morgan fingerprint density at radius 2 is 1.58 bits per heavy atom. The molecule has 0 aliphatic carbocycles. The van der Waals surface area contributed by atoms with Gasteiger partial charge < -0.3 is 9.15 Å². The van der Waals surface area contributed by atoms with Gasteiger partial charge in [0, 0.05) is 5.69 Å². The molecule has 0 saturated heterocycles. The number of ether oxygens (including phenoxy) is 1. The topological polar surface area (TPSA) is 76.8 Å². The second-order valence-corrected chi connectivity index (χ2v) is 7.20. The van der Waals surface area contributed by atoms with Gasteiger partial charge in [0.25, 0.3) is 5.91 Å². The van der Waals surface area contributed by atoms with Gasteiger partial charge in [0.05, 0.1) is 29.7 Å². The van der Waals surface area contributed by atoms with E-state index in [1.54, 1.807) is 53.4 Å². The zero-order chi connectivity index (χ0) is 21.5. The maximum atomic E-state index is 13.4. The monoisotopic (exact) mass is 411 g/mol. The summed E-state index contributed by atoms with van der Waals surface area (Å²) in [4.78, 5) is 40.2. The molecule has 1 atom stereocenters. The number of carbonyl (C=O) groups is 2. The second-order valence-electron chi connectivity index (χ2n) is 7.20. The van der Waals surface area contributed by atoms with Crippen molar-refractivity contribution in [1.29, 1.82) is 0 Å². The van der Waals surface area contributed by atoms with Crippen molar-refractivity contribution in [2.45, 2.75) is 6.04 Å². The molecule has 152 valence electrons. The van der Waals surface area contributed by atoms with Gasteiger partial charge in [-0.15, -0.1) is 0 Å². The van der Waals surface area contributed by atoms with Crippen LogP contribution in [0.15, 0.2) is 88.1 Å². The predicted molar refractivity (Wildman–Crippen MR) is 115 cm³/mol. The number of anilines is 1. The van der Waals surface area contributed by atoms with Gasteiger partial charge in [-0.05, 0) is 42.0 Å². The molecule has 0 bridgehead atoms. The highest BCUT2D eigenvalue weighted by Crippen LogP contribution is 2.41. The Bertz CT molecular complexity index is 1370. The molecule has 1 amide bonds. The Balaban J connectivity index is 1.75. The van der Waals surface area contributed by atoms with Crippen LogP contribution in [0.1, 0.15) is 38.1 Å². The maximum absolute atomic E-state index is 13.4. The minimum absolute atomic E-state index is 0.0367. The molecule has 1 aliphatic rings. The van der Waals surface area contributed by atoms with Crippen molar-refractivity contribution >= 4 is 28.5 Å². The van der Waals surface area contributed by atoms with E-state index < -0.39 is 12.0 Å². The van der Waals surface area contributed by atoms with E-state index in [9.17, 15) is 14.4 Å². The van der Waals surface area contributed by atoms with Crippen molar-refractivity contribution in [1.82, 2.24) is 0 Å². The molecule has 0 saturated carbocycles. The number of para-hydroxylation sites is 2. The summed E-state index contributed by atoms with van der Waals surface area (Å²) in [5.41, 5.74) is 2.13. The fourth-order valence-electron chi connectivity index (χ4n) is 4.01. The van der Waals surface area contributed by atoms with E-state index in [1.807, 2.05) is 30.3 Å². The number of methoxy groups -OCH3 is 1. The highest BCUT2D eigenvalue weighted by Gasteiger charge is 2.43. The largest absolute Gasteiger partial charge is 0.465 e. The Labute approximate surface area is 177 Å². The van der Waals surface area contributed by atoms with Crippen molar-refractivity contribution in [3.63, 3.8) is 0 Å². The number of rotatable bonds is 3. The minimum Gasteiger partial charge on any atom is -0.465 e. The molecule has 0 radical (unpaired) electrons. The zero-order valence-electron chi connectivity index (χ0n) is 16.6. The van der Waals surface area contributed by atoms with E-state index in [-0.39, 0.29) is 17.1 Å². The zero-order valence-corrected chi connectivity index (χ0v) is 16.6. The lowest BCUT2D eigenvalue weighted by Crippen LogP contribution is -2.29. The Morgan fingerprint density at radius 3 is 2.29 bits per heavy atom. The summed E-state index contributed by atoms with van der Waals surface area (Å²) in [6.45, 7) is 0. The van der Waals surface area contributed by atoms with Crippen LogP contribution in [0.3, 0.4) is 0 Å². The number of fused-ring (bicyclic) bond motifs is 2. The first-order valence-electron chi connectivity index (χ1n) is 9.73. The van der Waals surface area contributed by atoms with Crippen LogP contribution in [-0.2, 0) is 4.74 Å². The van der Waals surface area contributed by atoms with E-state index in [0.717, 1.165) is 0 Å². The molecule has 4 aromatic rings. The van der Waals surface area contributed by atoms with Gasteiger partial charge in [-0.2, -0.15) is 0 Å². The van der Waals surface area contributed by atoms with Crippen LogP contribution in [0.5, 0.6) is 0 Å². The predicted octanol–water partition coefficient (Wildman–Crippen LogP) is 4.33. The first-order valence-corrected chi connectivity index (χ1v) is 9.73. The van der Waals surface area contributed by atoms with Gasteiger partial charge in [-0.25, -0.2) is 4.79 Å². The average Bonchev–Trinajstić information content (AvgIpc) is 3.12. The van der Waals surface area contributed by atoms with Crippen LogP contribution >= 0.6 is 0 Å². The van der Waals surface area contributed by atoms with Crippen molar-refractivity contribution in [3.05, 3.63) is 112 Å². The standard InChI is InChI=1S/C25H17NO5/c1-30-25(29)16-13-11-15(12-14-16)21-20-22(27)18-9-5-6-10-19(18)31-23(20)24(28)26(21)17-7-3-2-4-8-17/h2-14,21H,1H3. The summed E-state index contributed by atoms with van der Waals surface area (Å²) in [5, 5.41) is 0.417. The minimum atomic E-state index is -0.683. The fourth-order valence-corrected chi connectivity index (χ4v) is 4.01. The molecule has 1 unspecified atom stereocenters. The number of amides is 1. The number of carbonyl (C=O) groups excluding carboxylic acids is 2. The quantitative estimate of drug-likeness (QED) is 0.469. The third-order valence-corrected chi connectivity index (χ3v) is 5.46. The van der Waals surface area contributed by atoms with Gasteiger partial charge in [0.2, 0.25) is 5.76 Å². The summed E-state index contributed by atoms with van der Waals surface area (Å²) in [6, 6.07) is 22.0. The Morgan fingerprint density at radius 1 is 0.903 bits per heavy atom. The number of hydrogen-bond donors (Lipinski definition) is 0. The molecular formula is C25H17NO5. The molecule has 0 spiro atoms. The van der Waals surface area contributed by atoms with Crippen molar-refractivity contribution in [3.8, 4) is 0 Å². The molecule has 6 nitrogen and oxygen atoms in total. The first-order chi connectivity index (χ1) is 15.1. The van der Waals surface area contributed by atoms with E-state index in [4.69, 9.17) is 9.15 Å². The van der Waals surface area contributed by atoms with Gasteiger partial charge in [0.1, 0.15) is 5.58 Å². The molecular weight excluding hydrogens is 394 g/mol. The summed E-state index contributed by atoms with van der Waals surface area (Å²) in [5.74, 6) is -0.805. The Kier molecular flexibility index (Phi) is 4.40. The number of benzene rings is 3. The highest BCUT2D eigenvalue weighted by molar-refractivity contribution is 6.10. The number of hydrogen-bond acceptors (Lipinski definition) is 5. The van der Waals surface area contributed by atoms with E-state index in [0.29, 0.717) is 33.3 Å². The van der Waals surface area contributed by atoms with Gasteiger partial charge in [-0.1, -0.05) is 42.5 Å². The van der Waals surface area contributed by atoms with Crippen LogP contribution in [0.2, 0.25) is 0 Å². The molecule has 5 rings (SSSR count). The fraction of sp³-hybridized carbons (Fsp3) is 0.0800. The average molecular weight is 411 g/mol. The lowest BCUT2D eigenvalue weighted by molar-refractivity contribution is 0.0600. The molecule has 2 heterocycles. The number of nitrogens with zero attached hydrogens (tertiary/aromatic N) is 1. The van der Waals surface area contributed by atoms with Crippen molar-refractivity contribution < 1.29 is 18.7 Å². The van der Waals surface area contributed by atoms with Gasteiger partial charge in [0.15, 0.2) is 5.43 Å². The van der Waals surface area contributed by atoms with E-state index >= 15 is 0 Å². The highest BCUT2D eigenvalue weighted by atomic mass is 16.5. The summed E-state index contributed by atoms with van der Waals surface area (Å²) in [6.07, 6.45) is 0. The molecule has 6 heteroatoms. The lowest BCUT2D eigenvalue weighted by Gasteiger charge is -2.25. The normalized spacial score (nSPS) is 15.2. The Hall–Kier alpha value is -4.19. The molecule has 1 aromatic heterocycles. The maximum Gasteiger partial charge on any atom is 0.337 e. The lowest BCUT2D eigenvalue weighted by atomic mass is 9.97. The smallest absolute Gasteiger partial charge is 0.337 e. The van der Waals surface area contributed by atoms with Crippen LogP contribution < -0.4 is 10.3 Å². The summed E-state index contributed by atoms with van der Waals surface area (Å²) < 4.78 is 10.7. The molecule has 0 fully saturated rings. The first kappa shape index (κ1) is 18.8. The SMILES string of the molecule is COC(=O)c1ccc(C2c3c(oc4ccccc4c3=O)C(=O)N2c2ccccc2)cc1. The third kappa shape index (κ3) is 2.92.